The Bertz CT molecular complexity index is 657. The van der Waals surface area contributed by atoms with Gasteiger partial charge < -0.3 is 11.1 Å². The van der Waals surface area contributed by atoms with Gasteiger partial charge in [-0.1, -0.05) is 11.6 Å². The SMILES string of the molecule is Cc1c(F)cc(C(N)=O)cc1NC(C)c1csc(Cl)c1. The molecule has 106 valence electrons. The average molecular weight is 313 g/mol. The zero-order valence-corrected chi connectivity index (χ0v) is 12.6. The Balaban J connectivity index is 2.30. The van der Waals surface area contributed by atoms with Crippen LogP contribution in [0.2, 0.25) is 4.34 Å². The number of hydrogen-bond donors (Lipinski definition) is 2. The lowest BCUT2D eigenvalue weighted by Gasteiger charge is -2.17. The van der Waals surface area contributed by atoms with Crippen LogP contribution in [0.3, 0.4) is 0 Å². The van der Waals surface area contributed by atoms with Crippen molar-refractivity contribution >= 4 is 34.5 Å². The molecule has 1 amide bonds. The number of carbonyl (C=O) groups is 1. The van der Waals surface area contributed by atoms with E-state index >= 15 is 0 Å². The molecule has 6 heteroatoms. The van der Waals surface area contributed by atoms with Crippen LogP contribution >= 0.6 is 22.9 Å². The molecule has 0 spiro atoms. The van der Waals surface area contributed by atoms with Crippen LogP contribution < -0.4 is 11.1 Å². The van der Waals surface area contributed by atoms with Crippen LogP contribution in [0.25, 0.3) is 0 Å². The summed E-state index contributed by atoms with van der Waals surface area (Å²) in [5, 5.41) is 5.11. The van der Waals surface area contributed by atoms with Crippen LogP contribution in [-0.2, 0) is 0 Å². The summed E-state index contributed by atoms with van der Waals surface area (Å²) in [5.41, 5.74) is 7.34. The minimum absolute atomic E-state index is 0.0556. The summed E-state index contributed by atoms with van der Waals surface area (Å²) in [4.78, 5) is 11.2. The van der Waals surface area contributed by atoms with Crippen molar-refractivity contribution in [2.24, 2.45) is 5.73 Å². The smallest absolute Gasteiger partial charge is 0.248 e. The predicted octanol–water partition coefficient (Wildman–Crippen LogP) is 4.12. The number of rotatable bonds is 4. The molecule has 0 aliphatic rings. The van der Waals surface area contributed by atoms with E-state index in [9.17, 15) is 9.18 Å². The van der Waals surface area contributed by atoms with Crippen LogP contribution in [0.1, 0.15) is 34.5 Å². The number of nitrogens with two attached hydrogens (primary N) is 1. The molecule has 2 rings (SSSR count). The zero-order valence-electron chi connectivity index (χ0n) is 11.0. The summed E-state index contributed by atoms with van der Waals surface area (Å²) in [6, 6.07) is 4.51. The standard InChI is InChI=1S/C14H14ClFN2OS/c1-7-11(16)3-9(14(17)19)4-12(7)18-8(2)10-5-13(15)20-6-10/h3-6,8,18H,1-2H3,(H2,17,19). The number of benzene rings is 1. The summed E-state index contributed by atoms with van der Waals surface area (Å²) in [6.45, 7) is 3.59. The second-order valence-corrected chi connectivity index (χ2v) is 6.09. The van der Waals surface area contributed by atoms with Crippen LogP contribution in [0.15, 0.2) is 23.6 Å². The number of primary amides is 1. The molecular weight excluding hydrogens is 299 g/mol. The monoisotopic (exact) mass is 312 g/mol. The molecule has 1 aromatic carbocycles. The minimum atomic E-state index is -0.654. The van der Waals surface area contributed by atoms with Gasteiger partial charge in [-0.3, -0.25) is 4.79 Å². The van der Waals surface area contributed by atoms with Gasteiger partial charge in [0.25, 0.3) is 0 Å². The fraction of sp³-hybridized carbons (Fsp3) is 0.214. The predicted molar refractivity (Wildman–Crippen MR) is 81.0 cm³/mol. The first-order chi connectivity index (χ1) is 9.38. The zero-order chi connectivity index (χ0) is 14.9. The van der Waals surface area contributed by atoms with Crippen molar-refractivity contribution in [2.45, 2.75) is 19.9 Å². The second kappa shape index (κ2) is 5.81. The first kappa shape index (κ1) is 14.8. The summed E-state index contributed by atoms with van der Waals surface area (Å²) < 4.78 is 14.5. The Morgan fingerprint density at radius 1 is 1.45 bits per heavy atom. The molecule has 3 nitrogen and oxygen atoms in total. The quantitative estimate of drug-likeness (QED) is 0.892. The van der Waals surface area contributed by atoms with Crippen molar-refractivity contribution in [1.82, 2.24) is 0 Å². The summed E-state index contributed by atoms with van der Waals surface area (Å²) in [5.74, 6) is -1.11. The number of thiophene rings is 1. The highest BCUT2D eigenvalue weighted by atomic mass is 35.5. The molecule has 0 bridgehead atoms. The van der Waals surface area contributed by atoms with E-state index in [-0.39, 0.29) is 11.6 Å². The summed E-state index contributed by atoms with van der Waals surface area (Å²) in [6.07, 6.45) is 0. The molecule has 1 heterocycles. The maximum atomic E-state index is 13.8. The number of nitrogens with one attached hydrogen (secondary N) is 1. The average Bonchev–Trinajstić information content (AvgIpc) is 2.81. The van der Waals surface area contributed by atoms with Crippen LogP contribution in [-0.4, -0.2) is 5.91 Å². The van der Waals surface area contributed by atoms with E-state index in [1.54, 1.807) is 13.0 Å². The highest BCUT2D eigenvalue weighted by Crippen LogP contribution is 2.29. The molecular formula is C14H14ClFN2OS. The van der Waals surface area contributed by atoms with Crippen molar-refractivity contribution in [1.29, 1.82) is 0 Å². The Hall–Kier alpha value is -1.59. The van der Waals surface area contributed by atoms with E-state index in [0.29, 0.717) is 15.6 Å². The van der Waals surface area contributed by atoms with E-state index < -0.39 is 11.7 Å². The van der Waals surface area contributed by atoms with Gasteiger partial charge in [-0.05, 0) is 43.0 Å². The lowest BCUT2D eigenvalue weighted by molar-refractivity contribution is 0.1000. The topological polar surface area (TPSA) is 55.1 Å². The third-order valence-corrected chi connectivity index (χ3v) is 4.20. The summed E-state index contributed by atoms with van der Waals surface area (Å²) >= 11 is 7.34. The van der Waals surface area contributed by atoms with Gasteiger partial charge in [0.05, 0.1) is 4.34 Å². The molecule has 0 fully saturated rings. The fourth-order valence-corrected chi connectivity index (χ4v) is 2.82. The third-order valence-electron chi connectivity index (χ3n) is 3.09. The number of hydrogen-bond acceptors (Lipinski definition) is 3. The lowest BCUT2D eigenvalue weighted by atomic mass is 10.1. The Kier molecular flexibility index (Phi) is 4.30. The van der Waals surface area contributed by atoms with E-state index in [4.69, 9.17) is 17.3 Å². The highest BCUT2D eigenvalue weighted by molar-refractivity contribution is 7.14. The van der Waals surface area contributed by atoms with Crippen LogP contribution in [0.5, 0.6) is 0 Å². The van der Waals surface area contributed by atoms with E-state index in [1.165, 1.54) is 11.3 Å². The minimum Gasteiger partial charge on any atom is -0.378 e. The fourth-order valence-electron chi connectivity index (χ4n) is 1.84. The second-order valence-electron chi connectivity index (χ2n) is 4.55. The molecule has 3 N–H and O–H groups in total. The van der Waals surface area contributed by atoms with Crippen LogP contribution in [0.4, 0.5) is 10.1 Å². The molecule has 1 unspecified atom stereocenters. The number of amides is 1. The number of halogens is 2. The van der Waals surface area contributed by atoms with Crippen molar-refractivity contribution in [3.05, 3.63) is 50.4 Å². The highest BCUT2D eigenvalue weighted by Gasteiger charge is 2.14. The van der Waals surface area contributed by atoms with Crippen LogP contribution in [0, 0.1) is 12.7 Å². The molecule has 0 radical (unpaired) electrons. The molecule has 1 atom stereocenters. The number of carbonyl (C=O) groups excluding carboxylic acids is 1. The molecule has 20 heavy (non-hydrogen) atoms. The van der Waals surface area contributed by atoms with Gasteiger partial charge in [-0.15, -0.1) is 11.3 Å². The molecule has 1 aromatic heterocycles. The Morgan fingerprint density at radius 2 is 2.15 bits per heavy atom. The van der Waals surface area contributed by atoms with Gasteiger partial charge in [-0.25, -0.2) is 4.39 Å². The molecule has 0 aliphatic carbocycles. The van der Waals surface area contributed by atoms with Crippen molar-refractivity contribution in [3.8, 4) is 0 Å². The largest absolute Gasteiger partial charge is 0.378 e. The first-order valence-corrected chi connectivity index (χ1v) is 7.24. The van der Waals surface area contributed by atoms with Gasteiger partial charge in [0.15, 0.2) is 0 Å². The third kappa shape index (κ3) is 3.11. The van der Waals surface area contributed by atoms with Gasteiger partial charge in [0, 0.05) is 22.9 Å². The molecule has 0 saturated carbocycles. The van der Waals surface area contributed by atoms with Gasteiger partial charge in [0.2, 0.25) is 5.91 Å². The Morgan fingerprint density at radius 3 is 2.70 bits per heavy atom. The molecule has 0 saturated heterocycles. The van der Waals surface area contributed by atoms with E-state index in [2.05, 4.69) is 5.32 Å². The van der Waals surface area contributed by atoms with Gasteiger partial charge in [0.1, 0.15) is 5.82 Å². The van der Waals surface area contributed by atoms with Gasteiger partial charge in [-0.2, -0.15) is 0 Å². The summed E-state index contributed by atoms with van der Waals surface area (Å²) in [7, 11) is 0. The lowest BCUT2D eigenvalue weighted by Crippen LogP contribution is -2.14. The van der Waals surface area contributed by atoms with Crippen molar-refractivity contribution < 1.29 is 9.18 Å². The molecule has 0 aliphatic heterocycles. The molecule has 2 aromatic rings. The van der Waals surface area contributed by atoms with E-state index in [1.807, 2.05) is 18.4 Å². The maximum Gasteiger partial charge on any atom is 0.248 e. The van der Waals surface area contributed by atoms with Crippen molar-refractivity contribution in [3.63, 3.8) is 0 Å². The van der Waals surface area contributed by atoms with Gasteiger partial charge >= 0.3 is 0 Å². The Labute approximate surface area is 125 Å². The van der Waals surface area contributed by atoms with E-state index in [0.717, 1.165) is 11.6 Å². The van der Waals surface area contributed by atoms with Crippen molar-refractivity contribution in [2.75, 3.05) is 5.32 Å². The number of anilines is 1. The maximum absolute atomic E-state index is 13.8. The first-order valence-electron chi connectivity index (χ1n) is 5.99. The normalized spacial score (nSPS) is 12.2.